The number of carbonyl (C=O) groups is 2. The van der Waals surface area contributed by atoms with E-state index in [1.54, 1.807) is 11.8 Å². The number of hydrogen-bond acceptors (Lipinski definition) is 5. The first-order chi connectivity index (χ1) is 9.62. The van der Waals surface area contributed by atoms with Gasteiger partial charge in [-0.1, -0.05) is 26.7 Å². The first-order valence-corrected chi connectivity index (χ1v) is 11.0. The molecule has 1 saturated heterocycles. The highest BCUT2D eigenvalue weighted by atomic mass is 32.2. The molecule has 0 N–H and O–H groups in total. The van der Waals surface area contributed by atoms with E-state index in [-0.39, 0.29) is 11.9 Å². The third-order valence-corrected chi connectivity index (χ3v) is 7.74. The fourth-order valence-electron chi connectivity index (χ4n) is 2.17. The highest BCUT2D eigenvalue weighted by Gasteiger charge is 2.43. The average Bonchev–Trinajstić information content (AvgIpc) is 2.42. The van der Waals surface area contributed by atoms with E-state index >= 15 is 0 Å². The minimum Gasteiger partial charge on any atom is -0.485 e. The Morgan fingerprint density at radius 2 is 1.40 bits per heavy atom. The number of rotatable bonds is 6. The van der Waals surface area contributed by atoms with Gasteiger partial charge in [-0.3, -0.25) is 9.59 Å². The zero-order valence-electron chi connectivity index (χ0n) is 12.6. The fourth-order valence-corrected chi connectivity index (χ4v) is 6.52. The van der Waals surface area contributed by atoms with E-state index in [2.05, 4.69) is 13.8 Å². The van der Waals surface area contributed by atoms with Crippen LogP contribution in [0.25, 0.3) is 0 Å². The maximum absolute atomic E-state index is 12.0. The number of carbonyl (C=O) groups excluding carboxylic acids is 2. The maximum atomic E-state index is 12.0. The standard InChI is InChI=1S/C14H26O4SSi/c1-3-5-11-20(12-6-4-2)17-13(15)7-9-19-10-8-14(16)18-20/h3-12H2,1-2H3. The Hall–Kier alpha value is -0.493. The molecular weight excluding hydrogens is 292 g/mol. The molecule has 0 aromatic heterocycles. The van der Waals surface area contributed by atoms with Crippen LogP contribution in [0.1, 0.15) is 52.4 Å². The highest BCUT2D eigenvalue weighted by Crippen LogP contribution is 2.27. The van der Waals surface area contributed by atoms with Crippen LogP contribution in [0.4, 0.5) is 0 Å². The second-order valence-electron chi connectivity index (χ2n) is 5.18. The number of hydrogen-bond donors (Lipinski definition) is 0. The van der Waals surface area contributed by atoms with Crippen molar-refractivity contribution in [3.63, 3.8) is 0 Å². The van der Waals surface area contributed by atoms with Crippen LogP contribution < -0.4 is 0 Å². The lowest BCUT2D eigenvalue weighted by atomic mass is 10.4. The summed E-state index contributed by atoms with van der Waals surface area (Å²) >= 11 is 1.61. The van der Waals surface area contributed by atoms with Gasteiger partial charge < -0.3 is 8.85 Å². The summed E-state index contributed by atoms with van der Waals surface area (Å²) in [6.07, 6.45) is 4.79. The molecule has 0 aromatic carbocycles. The Morgan fingerprint density at radius 3 is 1.80 bits per heavy atom. The van der Waals surface area contributed by atoms with Gasteiger partial charge in [-0.2, -0.15) is 11.8 Å². The summed E-state index contributed by atoms with van der Waals surface area (Å²) < 4.78 is 11.5. The fraction of sp³-hybridized carbons (Fsp3) is 0.857. The molecule has 0 radical (unpaired) electrons. The molecule has 0 saturated carbocycles. The first kappa shape index (κ1) is 17.6. The van der Waals surface area contributed by atoms with Gasteiger partial charge >= 0.3 is 8.56 Å². The van der Waals surface area contributed by atoms with E-state index in [0.29, 0.717) is 12.8 Å². The first-order valence-electron chi connectivity index (χ1n) is 7.63. The van der Waals surface area contributed by atoms with Crippen LogP contribution in [0.3, 0.4) is 0 Å². The molecule has 1 aliphatic heterocycles. The van der Waals surface area contributed by atoms with Crippen LogP contribution in [0.15, 0.2) is 0 Å². The van der Waals surface area contributed by atoms with Gasteiger partial charge in [-0.15, -0.1) is 0 Å². The van der Waals surface area contributed by atoms with Crippen molar-refractivity contribution in [1.29, 1.82) is 0 Å². The molecule has 20 heavy (non-hydrogen) atoms. The molecule has 0 amide bonds. The maximum Gasteiger partial charge on any atom is 0.464 e. The summed E-state index contributed by atoms with van der Waals surface area (Å²) in [6, 6.07) is 1.49. The van der Waals surface area contributed by atoms with E-state index in [9.17, 15) is 9.59 Å². The Bertz CT molecular complexity index is 292. The van der Waals surface area contributed by atoms with Crippen molar-refractivity contribution >= 4 is 32.3 Å². The predicted molar refractivity (Wildman–Crippen MR) is 83.9 cm³/mol. The smallest absolute Gasteiger partial charge is 0.464 e. The third kappa shape index (κ3) is 6.30. The number of thioether (sulfide) groups is 1. The minimum absolute atomic E-state index is 0.189. The SMILES string of the molecule is CCCC[Si]1(CCCC)OC(=O)CCSCCC(=O)O1. The lowest BCUT2D eigenvalue weighted by Crippen LogP contribution is -2.46. The molecule has 6 heteroatoms. The molecule has 1 heterocycles. The topological polar surface area (TPSA) is 52.6 Å². The molecule has 1 fully saturated rings. The van der Waals surface area contributed by atoms with E-state index in [0.717, 1.165) is 49.3 Å². The molecule has 0 atom stereocenters. The summed E-state index contributed by atoms with van der Waals surface area (Å²) in [7, 11) is -2.70. The molecule has 0 aliphatic carbocycles. The summed E-state index contributed by atoms with van der Waals surface area (Å²) in [5, 5.41) is 0. The number of unbranched alkanes of at least 4 members (excludes halogenated alkanes) is 2. The molecule has 0 aromatic rings. The zero-order chi connectivity index (χ0) is 14.8. The van der Waals surface area contributed by atoms with Crippen LogP contribution in [0, 0.1) is 0 Å². The summed E-state index contributed by atoms with van der Waals surface area (Å²) in [5.41, 5.74) is 0. The van der Waals surface area contributed by atoms with Gasteiger partial charge in [-0.25, -0.2) is 0 Å². The van der Waals surface area contributed by atoms with Crippen molar-refractivity contribution in [2.24, 2.45) is 0 Å². The van der Waals surface area contributed by atoms with Gasteiger partial charge in [0.05, 0.1) is 12.8 Å². The lowest BCUT2D eigenvalue weighted by molar-refractivity contribution is -0.141. The molecule has 4 nitrogen and oxygen atoms in total. The second kappa shape index (κ2) is 9.44. The summed E-state index contributed by atoms with van der Waals surface area (Å²) in [6.45, 7) is 4.20. The molecular formula is C14H26O4SSi. The monoisotopic (exact) mass is 318 g/mol. The summed E-state index contributed by atoms with van der Waals surface area (Å²) in [5.74, 6) is 1.09. The molecule has 1 aliphatic rings. The molecule has 0 spiro atoms. The van der Waals surface area contributed by atoms with Gasteiger partial charge in [0.25, 0.3) is 11.9 Å². The highest BCUT2D eigenvalue weighted by molar-refractivity contribution is 7.99. The van der Waals surface area contributed by atoms with E-state index in [1.807, 2.05) is 0 Å². The lowest BCUT2D eigenvalue weighted by Gasteiger charge is -2.30. The van der Waals surface area contributed by atoms with Crippen molar-refractivity contribution in [3.05, 3.63) is 0 Å². The van der Waals surface area contributed by atoms with Crippen molar-refractivity contribution in [3.8, 4) is 0 Å². The molecule has 0 unspecified atom stereocenters. The van der Waals surface area contributed by atoms with Crippen molar-refractivity contribution in [2.45, 2.75) is 64.5 Å². The van der Waals surface area contributed by atoms with Crippen LogP contribution >= 0.6 is 11.8 Å². The van der Waals surface area contributed by atoms with Gasteiger partial charge in [0, 0.05) is 23.6 Å². The molecule has 116 valence electrons. The molecule has 0 bridgehead atoms. The van der Waals surface area contributed by atoms with Crippen molar-refractivity contribution < 1.29 is 18.4 Å². The van der Waals surface area contributed by atoms with Gasteiger partial charge in [-0.05, 0) is 12.8 Å². The molecule has 1 rings (SSSR count). The van der Waals surface area contributed by atoms with Gasteiger partial charge in [0.2, 0.25) is 0 Å². The van der Waals surface area contributed by atoms with Crippen LogP contribution in [-0.2, 0) is 18.4 Å². The zero-order valence-corrected chi connectivity index (χ0v) is 14.4. The van der Waals surface area contributed by atoms with Crippen molar-refractivity contribution in [1.82, 2.24) is 0 Å². The van der Waals surface area contributed by atoms with Crippen molar-refractivity contribution in [2.75, 3.05) is 11.5 Å². The Balaban J connectivity index is 2.83. The summed E-state index contributed by atoms with van der Waals surface area (Å²) in [4.78, 5) is 23.9. The van der Waals surface area contributed by atoms with Gasteiger partial charge in [0.15, 0.2) is 0 Å². The largest absolute Gasteiger partial charge is 0.485 e. The van der Waals surface area contributed by atoms with E-state index in [1.165, 1.54) is 0 Å². The van der Waals surface area contributed by atoms with E-state index < -0.39 is 8.56 Å². The van der Waals surface area contributed by atoms with Crippen LogP contribution in [0.5, 0.6) is 0 Å². The van der Waals surface area contributed by atoms with Crippen LogP contribution in [0.2, 0.25) is 12.1 Å². The average molecular weight is 319 g/mol. The quantitative estimate of drug-likeness (QED) is 0.700. The Kier molecular flexibility index (Phi) is 8.29. The predicted octanol–water partition coefficient (Wildman–Crippen LogP) is 3.64. The third-order valence-electron chi connectivity index (χ3n) is 3.32. The van der Waals surface area contributed by atoms with E-state index in [4.69, 9.17) is 8.85 Å². The Morgan fingerprint density at radius 1 is 0.950 bits per heavy atom. The van der Waals surface area contributed by atoms with Gasteiger partial charge in [0.1, 0.15) is 0 Å². The Labute approximate surface area is 127 Å². The normalized spacial score (nSPS) is 20.1. The minimum atomic E-state index is -2.70. The second-order valence-corrected chi connectivity index (χ2v) is 9.63. The van der Waals surface area contributed by atoms with Crippen LogP contribution in [-0.4, -0.2) is 32.0 Å².